The van der Waals surface area contributed by atoms with E-state index in [0.717, 1.165) is 0 Å². The van der Waals surface area contributed by atoms with Gasteiger partial charge in [0.15, 0.2) is 0 Å². The van der Waals surface area contributed by atoms with Crippen molar-refractivity contribution in [2.75, 3.05) is 6.61 Å². The largest absolute Gasteiger partial charge is 0.458 e. The van der Waals surface area contributed by atoms with Gasteiger partial charge in [0.2, 0.25) is 0 Å². The van der Waals surface area contributed by atoms with Crippen LogP contribution in [0, 0.1) is 0 Å². The highest BCUT2D eigenvalue weighted by atomic mass is 16.8. The number of hydrogen-bond donors (Lipinski definition) is 2. The first-order valence-corrected chi connectivity index (χ1v) is 4.81. The molecule has 88 valence electrons. The molecule has 1 aliphatic rings. The third kappa shape index (κ3) is 2.38. The third-order valence-corrected chi connectivity index (χ3v) is 2.24. The van der Waals surface area contributed by atoms with Gasteiger partial charge in [-0.05, 0) is 6.92 Å². The zero-order chi connectivity index (χ0) is 11.5. The molecule has 7 nitrogen and oxygen atoms in total. The quantitative estimate of drug-likeness (QED) is 0.686. The number of nitrogens with one attached hydrogen (secondary N) is 1. The molecular weight excluding hydrogens is 216 g/mol. The molecule has 1 aromatic heterocycles. The van der Waals surface area contributed by atoms with Gasteiger partial charge in [0.25, 0.3) is 6.48 Å². The molecular formula is C9H12N2O5. The number of carbonyl (C=O) groups excluding carboxylic acids is 1. The van der Waals surface area contributed by atoms with E-state index in [0.29, 0.717) is 0 Å². The Labute approximate surface area is 91.3 Å². The maximum Gasteiger partial charge on any atom is 0.356 e. The number of esters is 1. The van der Waals surface area contributed by atoms with Gasteiger partial charge in [0.05, 0.1) is 18.6 Å². The molecule has 1 fully saturated rings. The maximum atomic E-state index is 11.4. The average Bonchev–Trinajstić information content (AvgIpc) is 2.84. The van der Waals surface area contributed by atoms with E-state index in [-0.39, 0.29) is 18.4 Å². The lowest BCUT2D eigenvalue weighted by Gasteiger charge is -2.11. The molecule has 1 saturated heterocycles. The minimum absolute atomic E-state index is 0.0239. The van der Waals surface area contributed by atoms with Crippen molar-refractivity contribution in [1.29, 1.82) is 0 Å². The van der Waals surface area contributed by atoms with Crippen molar-refractivity contribution in [1.82, 2.24) is 9.97 Å². The number of H-pyrrole nitrogens is 1. The number of aliphatic hydroxyl groups is 1. The summed E-state index contributed by atoms with van der Waals surface area (Å²) < 4.78 is 14.9. The Bertz CT molecular complexity index is 353. The van der Waals surface area contributed by atoms with E-state index in [1.807, 2.05) is 0 Å². The van der Waals surface area contributed by atoms with E-state index in [1.165, 1.54) is 12.5 Å². The number of imidazole rings is 1. The van der Waals surface area contributed by atoms with Crippen molar-refractivity contribution in [2.45, 2.75) is 25.6 Å². The second kappa shape index (κ2) is 4.60. The van der Waals surface area contributed by atoms with E-state index in [9.17, 15) is 4.79 Å². The molecule has 16 heavy (non-hydrogen) atoms. The van der Waals surface area contributed by atoms with Crippen LogP contribution in [-0.2, 0) is 14.2 Å². The average molecular weight is 228 g/mol. The normalized spacial score (nSPS) is 29.2. The van der Waals surface area contributed by atoms with Gasteiger partial charge in [-0.25, -0.2) is 9.78 Å². The summed E-state index contributed by atoms with van der Waals surface area (Å²) in [5, 5.41) is 9.02. The van der Waals surface area contributed by atoms with Gasteiger partial charge in [-0.1, -0.05) is 0 Å². The molecule has 2 rings (SSSR count). The van der Waals surface area contributed by atoms with Crippen LogP contribution in [0.15, 0.2) is 12.5 Å². The summed E-state index contributed by atoms with van der Waals surface area (Å²) in [6.07, 6.45) is 1.98. The predicted octanol–water partition coefficient (Wildman–Crippen LogP) is -0.354. The Morgan fingerprint density at radius 3 is 3.06 bits per heavy atom. The van der Waals surface area contributed by atoms with Crippen molar-refractivity contribution in [3.63, 3.8) is 0 Å². The first kappa shape index (κ1) is 11.1. The summed E-state index contributed by atoms with van der Waals surface area (Å²) >= 11 is 0. The molecule has 0 saturated carbocycles. The molecule has 0 aromatic carbocycles. The van der Waals surface area contributed by atoms with Gasteiger partial charge in [-0.2, -0.15) is 0 Å². The number of carbonyl (C=O) groups is 1. The highest BCUT2D eigenvalue weighted by molar-refractivity contribution is 5.86. The minimum atomic E-state index is -1.24. The van der Waals surface area contributed by atoms with E-state index >= 15 is 0 Å². The summed E-state index contributed by atoms with van der Waals surface area (Å²) in [7, 11) is 0. The maximum absolute atomic E-state index is 11.4. The van der Waals surface area contributed by atoms with E-state index < -0.39 is 18.5 Å². The SMILES string of the molecule is CC1OC(O)OC1COC(=O)c1cnc[nH]1. The van der Waals surface area contributed by atoms with Gasteiger partial charge in [-0.15, -0.1) is 0 Å². The van der Waals surface area contributed by atoms with Crippen molar-refractivity contribution in [2.24, 2.45) is 0 Å². The Morgan fingerprint density at radius 2 is 2.50 bits per heavy atom. The van der Waals surface area contributed by atoms with Crippen molar-refractivity contribution >= 4 is 5.97 Å². The topological polar surface area (TPSA) is 93.7 Å². The fraction of sp³-hybridized carbons (Fsp3) is 0.556. The van der Waals surface area contributed by atoms with Crippen molar-refractivity contribution < 1.29 is 24.1 Å². The van der Waals surface area contributed by atoms with Crippen molar-refractivity contribution in [3.05, 3.63) is 18.2 Å². The summed E-state index contributed by atoms with van der Waals surface area (Å²) in [6, 6.07) is 0. The molecule has 0 spiro atoms. The van der Waals surface area contributed by atoms with Crippen LogP contribution in [0.5, 0.6) is 0 Å². The number of rotatable bonds is 3. The number of ether oxygens (including phenoxy) is 3. The molecule has 3 atom stereocenters. The van der Waals surface area contributed by atoms with Crippen LogP contribution < -0.4 is 0 Å². The summed E-state index contributed by atoms with van der Waals surface area (Å²) in [4.78, 5) is 17.7. The molecule has 0 radical (unpaired) electrons. The lowest BCUT2D eigenvalue weighted by Crippen LogP contribution is -2.26. The van der Waals surface area contributed by atoms with Gasteiger partial charge >= 0.3 is 5.97 Å². The number of aromatic amines is 1. The van der Waals surface area contributed by atoms with Gasteiger partial charge in [0, 0.05) is 0 Å². The van der Waals surface area contributed by atoms with Crippen LogP contribution in [0.2, 0.25) is 0 Å². The van der Waals surface area contributed by atoms with Gasteiger partial charge < -0.3 is 24.3 Å². The first-order chi connectivity index (χ1) is 7.66. The summed E-state index contributed by atoms with van der Waals surface area (Å²) in [5.41, 5.74) is 0.270. The molecule has 7 heteroatoms. The lowest BCUT2D eigenvalue weighted by atomic mass is 10.2. The molecule has 0 amide bonds. The number of aromatic nitrogens is 2. The molecule has 2 N–H and O–H groups in total. The van der Waals surface area contributed by atoms with Crippen LogP contribution in [-0.4, -0.2) is 46.3 Å². The second-order valence-electron chi connectivity index (χ2n) is 3.39. The zero-order valence-electron chi connectivity index (χ0n) is 8.62. The first-order valence-electron chi connectivity index (χ1n) is 4.81. The number of nitrogens with zero attached hydrogens (tertiary/aromatic N) is 1. The molecule has 1 aliphatic heterocycles. The van der Waals surface area contributed by atoms with Crippen molar-refractivity contribution in [3.8, 4) is 0 Å². The minimum Gasteiger partial charge on any atom is -0.458 e. The predicted molar refractivity (Wildman–Crippen MR) is 50.3 cm³/mol. The lowest BCUT2D eigenvalue weighted by molar-refractivity contribution is -0.211. The Hall–Kier alpha value is -1.44. The van der Waals surface area contributed by atoms with E-state index in [4.69, 9.17) is 19.3 Å². The van der Waals surface area contributed by atoms with Crippen LogP contribution in [0.1, 0.15) is 17.4 Å². The Morgan fingerprint density at radius 1 is 1.69 bits per heavy atom. The van der Waals surface area contributed by atoms with Crippen LogP contribution in [0.3, 0.4) is 0 Å². The molecule has 0 aliphatic carbocycles. The van der Waals surface area contributed by atoms with E-state index in [1.54, 1.807) is 6.92 Å². The monoisotopic (exact) mass is 228 g/mol. The summed E-state index contributed by atoms with van der Waals surface area (Å²) in [5.74, 6) is -0.519. The zero-order valence-corrected chi connectivity index (χ0v) is 8.62. The molecule has 2 heterocycles. The van der Waals surface area contributed by atoms with Gasteiger partial charge in [0.1, 0.15) is 18.4 Å². The fourth-order valence-corrected chi connectivity index (χ4v) is 1.34. The molecule has 3 unspecified atom stereocenters. The third-order valence-electron chi connectivity index (χ3n) is 2.24. The smallest absolute Gasteiger partial charge is 0.356 e. The highest BCUT2D eigenvalue weighted by Crippen LogP contribution is 2.17. The van der Waals surface area contributed by atoms with Crippen LogP contribution in [0.4, 0.5) is 0 Å². The van der Waals surface area contributed by atoms with E-state index in [2.05, 4.69) is 9.97 Å². The van der Waals surface area contributed by atoms with Crippen LogP contribution >= 0.6 is 0 Å². The molecule has 0 bridgehead atoms. The number of aliphatic hydroxyl groups excluding tert-OH is 1. The summed E-state index contributed by atoms with van der Waals surface area (Å²) in [6.45, 7) is 0.506. The standard InChI is InChI=1S/C9H12N2O5/c1-5-7(16-9(13)15-5)3-14-8(12)6-2-10-4-11-6/h2,4-5,7,9,13H,3H2,1H3,(H,10,11). The fourth-order valence-electron chi connectivity index (χ4n) is 1.34. The Kier molecular flexibility index (Phi) is 3.18. The Balaban J connectivity index is 1.82. The molecule has 1 aromatic rings. The van der Waals surface area contributed by atoms with Crippen LogP contribution in [0.25, 0.3) is 0 Å². The highest BCUT2D eigenvalue weighted by Gasteiger charge is 2.32. The number of hydrogen-bond acceptors (Lipinski definition) is 6. The van der Waals surface area contributed by atoms with Gasteiger partial charge in [-0.3, -0.25) is 0 Å². The second-order valence-corrected chi connectivity index (χ2v) is 3.39.